The zero-order chi connectivity index (χ0) is 10.9. The first kappa shape index (κ1) is 11.7. The van der Waals surface area contributed by atoms with Crippen LogP contribution in [-0.2, 0) is 9.59 Å². The highest BCUT2D eigenvalue weighted by atomic mass is 19.4. The van der Waals surface area contributed by atoms with Crippen molar-refractivity contribution < 1.29 is 38.1 Å². The number of halogens is 3. The summed E-state index contributed by atoms with van der Waals surface area (Å²) in [5.74, 6) is -4.69. The van der Waals surface area contributed by atoms with Gasteiger partial charge in [-0.15, -0.1) is 0 Å². The van der Waals surface area contributed by atoms with E-state index in [0.717, 1.165) is 0 Å². The number of aliphatic carboxylic acids is 2. The SMILES string of the molecule is O=C(O)C[C@@](O)(C(=O)O)C(F)(F)F. The minimum atomic E-state index is -5.52. The van der Waals surface area contributed by atoms with Crippen molar-refractivity contribution in [2.24, 2.45) is 0 Å². The van der Waals surface area contributed by atoms with Crippen LogP contribution in [0.1, 0.15) is 6.42 Å². The van der Waals surface area contributed by atoms with Gasteiger partial charge in [0.05, 0.1) is 6.42 Å². The van der Waals surface area contributed by atoms with E-state index >= 15 is 0 Å². The fraction of sp³-hybridized carbons (Fsp3) is 0.600. The average Bonchev–Trinajstić information content (AvgIpc) is 1.82. The molecule has 1 atom stereocenters. The maximum absolute atomic E-state index is 11.8. The van der Waals surface area contributed by atoms with Crippen LogP contribution in [0.25, 0.3) is 0 Å². The van der Waals surface area contributed by atoms with Gasteiger partial charge in [-0.3, -0.25) is 4.79 Å². The van der Waals surface area contributed by atoms with Crippen LogP contribution in [0, 0.1) is 0 Å². The van der Waals surface area contributed by atoms with E-state index in [0.29, 0.717) is 0 Å². The summed E-state index contributed by atoms with van der Waals surface area (Å²) in [5.41, 5.74) is -4.22. The summed E-state index contributed by atoms with van der Waals surface area (Å²) < 4.78 is 35.5. The first-order valence-electron chi connectivity index (χ1n) is 2.85. The van der Waals surface area contributed by atoms with E-state index in [-0.39, 0.29) is 0 Å². The Morgan fingerprint density at radius 1 is 1.15 bits per heavy atom. The minimum absolute atomic E-state index is 1.92. The first-order chi connectivity index (χ1) is 5.61. The lowest BCUT2D eigenvalue weighted by Crippen LogP contribution is -2.53. The molecule has 0 amide bonds. The predicted molar refractivity (Wildman–Crippen MR) is 30.9 cm³/mol. The Kier molecular flexibility index (Phi) is 2.88. The number of alkyl halides is 3. The molecular weight excluding hydrogens is 197 g/mol. The van der Waals surface area contributed by atoms with Crippen molar-refractivity contribution in [2.75, 3.05) is 0 Å². The largest absolute Gasteiger partial charge is 0.481 e. The molecule has 0 unspecified atom stereocenters. The molecule has 8 heteroatoms. The van der Waals surface area contributed by atoms with Crippen LogP contribution in [0.2, 0.25) is 0 Å². The number of carbonyl (C=O) groups is 2. The van der Waals surface area contributed by atoms with Crippen LogP contribution >= 0.6 is 0 Å². The lowest BCUT2D eigenvalue weighted by atomic mass is 10.00. The van der Waals surface area contributed by atoms with Crippen molar-refractivity contribution in [1.82, 2.24) is 0 Å². The lowest BCUT2D eigenvalue weighted by molar-refractivity contribution is -0.262. The van der Waals surface area contributed by atoms with Gasteiger partial charge in [0.1, 0.15) is 0 Å². The molecule has 0 aliphatic rings. The summed E-state index contributed by atoms with van der Waals surface area (Å²) in [6.45, 7) is 0. The molecule has 0 aromatic heterocycles. The number of hydrogen-bond acceptors (Lipinski definition) is 3. The lowest BCUT2D eigenvalue weighted by Gasteiger charge is -2.23. The van der Waals surface area contributed by atoms with Crippen molar-refractivity contribution in [2.45, 2.75) is 18.2 Å². The molecule has 0 bridgehead atoms. The second-order valence-electron chi connectivity index (χ2n) is 2.23. The first-order valence-corrected chi connectivity index (χ1v) is 2.85. The Balaban J connectivity index is 4.96. The van der Waals surface area contributed by atoms with E-state index in [2.05, 4.69) is 0 Å². The van der Waals surface area contributed by atoms with Crippen LogP contribution in [-0.4, -0.2) is 39.0 Å². The summed E-state index contributed by atoms with van der Waals surface area (Å²) in [6.07, 6.45) is -7.44. The summed E-state index contributed by atoms with van der Waals surface area (Å²) >= 11 is 0. The zero-order valence-corrected chi connectivity index (χ0v) is 6.00. The highest BCUT2D eigenvalue weighted by Gasteiger charge is 2.61. The third-order valence-electron chi connectivity index (χ3n) is 1.23. The van der Waals surface area contributed by atoms with Crippen molar-refractivity contribution in [3.8, 4) is 0 Å². The standard InChI is InChI=1S/C5H5F3O5/c6-5(7,8)4(13,3(11)12)1-2(9)10/h13H,1H2,(H,9,10)(H,11,12)/t4-/m1/s1. The zero-order valence-electron chi connectivity index (χ0n) is 6.00. The van der Waals surface area contributed by atoms with E-state index < -0.39 is 30.1 Å². The molecule has 0 radical (unpaired) electrons. The molecule has 0 spiro atoms. The molecule has 0 heterocycles. The summed E-state index contributed by atoms with van der Waals surface area (Å²) in [6, 6.07) is 0. The Labute approximate surface area is 69.4 Å². The smallest absolute Gasteiger partial charge is 0.428 e. The van der Waals surface area contributed by atoms with E-state index in [1.807, 2.05) is 0 Å². The van der Waals surface area contributed by atoms with E-state index in [1.165, 1.54) is 0 Å². The van der Waals surface area contributed by atoms with Gasteiger partial charge in [0, 0.05) is 0 Å². The molecule has 0 aliphatic carbocycles. The number of aliphatic hydroxyl groups is 1. The Morgan fingerprint density at radius 2 is 1.54 bits per heavy atom. The van der Waals surface area contributed by atoms with Crippen LogP contribution in [0.3, 0.4) is 0 Å². The number of carboxylic acids is 2. The molecule has 0 aromatic rings. The predicted octanol–water partition coefficient (Wildman–Crippen LogP) is -0.161. The van der Waals surface area contributed by atoms with Gasteiger partial charge >= 0.3 is 18.1 Å². The van der Waals surface area contributed by atoms with Gasteiger partial charge in [0.2, 0.25) is 0 Å². The fourth-order valence-electron chi connectivity index (χ4n) is 0.516. The third-order valence-corrected chi connectivity index (χ3v) is 1.23. The van der Waals surface area contributed by atoms with E-state index in [4.69, 9.17) is 15.3 Å². The van der Waals surface area contributed by atoms with Gasteiger partial charge in [0.25, 0.3) is 5.60 Å². The van der Waals surface area contributed by atoms with Gasteiger partial charge < -0.3 is 15.3 Å². The van der Waals surface area contributed by atoms with Crippen molar-refractivity contribution in [3.05, 3.63) is 0 Å². The molecule has 5 nitrogen and oxygen atoms in total. The number of carboxylic acid groups (broad SMARTS) is 2. The van der Waals surface area contributed by atoms with Gasteiger partial charge in [-0.05, 0) is 0 Å². The molecule has 3 N–H and O–H groups in total. The van der Waals surface area contributed by atoms with Gasteiger partial charge in [-0.25, -0.2) is 4.79 Å². The molecule has 13 heavy (non-hydrogen) atoms. The van der Waals surface area contributed by atoms with Crippen molar-refractivity contribution in [1.29, 1.82) is 0 Å². The summed E-state index contributed by atoms with van der Waals surface area (Å²) in [5, 5.41) is 24.4. The summed E-state index contributed by atoms with van der Waals surface area (Å²) in [7, 11) is 0. The third kappa shape index (κ3) is 2.31. The highest BCUT2D eigenvalue weighted by Crippen LogP contribution is 2.33. The number of hydrogen-bond donors (Lipinski definition) is 3. The Hall–Kier alpha value is -1.31. The minimum Gasteiger partial charge on any atom is -0.481 e. The Bertz CT molecular complexity index is 235. The molecular formula is C5H5F3O5. The van der Waals surface area contributed by atoms with Crippen LogP contribution < -0.4 is 0 Å². The molecule has 0 saturated carbocycles. The van der Waals surface area contributed by atoms with Crippen LogP contribution in [0.4, 0.5) is 13.2 Å². The number of rotatable bonds is 3. The molecule has 76 valence electrons. The summed E-state index contributed by atoms with van der Waals surface area (Å²) in [4.78, 5) is 19.8. The van der Waals surface area contributed by atoms with Crippen molar-refractivity contribution >= 4 is 11.9 Å². The maximum atomic E-state index is 11.8. The topological polar surface area (TPSA) is 94.8 Å². The molecule has 0 saturated heterocycles. The molecule has 0 fully saturated rings. The monoisotopic (exact) mass is 202 g/mol. The second kappa shape index (κ2) is 3.21. The molecule has 0 aliphatic heterocycles. The fourth-order valence-corrected chi connectivity index (χ4v) is 0.516. The van der Waals surface area contributed by atoms with Gasteiger partial charge in [-0.2, -0.15) is 13.2 Å². The quantitative estimate of drug-likeness (QED) is 0.591. The van der Waals surface area contributed by atoms with E-state index in [9.17, 15) is 22.8 Å². The van der Waals surface area contributed by atoms with Crippen LogP contribution in [0.15, 0.2) is 0 Å². The van der Waals surface area contributed by atoms with Gasteiger partial charge in [0.15, 0.2) is 0 Å². The maximum Gasteiger partial charge on any atom is 0.428 e. The molecule has 0 aromatic carbocycles. The van der Waals surface area contributed by atoms with Crippen LogP contribution in [0.5, 0.6) is 0 Å². The highest BCUT2D eigenvalue weighted by molar-refractivity contribution is 5.84. The van der Waals surface area contributed by atoms with E-state index in [1.54, 1.807) is 0 Å². The Morgan fingerprint density at radius 3 is 1.62 bits per heavy atom. The van der Waals surface area contributed by atoms with Gasteiger partial charge in [-0.1, -0.05) is 0 Å². The second-order valence-corrected chi connectivity index (χ2v) is 2.23. The van der Waals surface area contributed by atoms with Crippen molar-refractivity contribution in [3.63, 3.8) is 0 Å². The molecule has 0 rings (SSSR count). The normalized spacial score (nSPS) is 16.3. The average molecular weight is 202 g/mol.